The van der Waals surface area contributed by atoms with Crippen LogP contribution in [0.3, 0.4) is 0 Å². The minimum Gasteiger partial charge on any atom is -0.481 e. The Bertz CT molecular complexity index is 4510. The Balaban J connectivity index is 0.000000151. The molecule has 0 atom stereocenters. The van der Waals surface area contributed by atoms with Gasteiger partial charge in [-0.05, 0) is 274 Å². The third-order valence-electron chi connectivity index (χ3n) is 26.6. The van der Waals surface area contributed by atoms with Gasteiger partial charge >= 0.3 is 5.97 Å². The molecule has 124 heavy (non-hydrogen) atoms. The summed E-state index contributed by atoms with van der Waals surface area (Å²) in [7, 11) is -3.29. The first-order valence-electron chi connectivity index (χ1n) is 46.5. The molecule has 4 aliphatic heterocycles. The van der Waals surface area contributed by atoms with Crippen LogP contribution in [0.4, 0.5) is 56.3 Å². The molecule has 0 radical (unpaired) electrons. The quantitative estimate of drug-likeness (QED) is 0.0181. The number of carboxylic acid groups (broad SMARTS) is 1. The largest absolute Gasteiger partial charge is 0.481 e. The fourth-order valence-electron chi connectivity index (χ4n) is 19.5. The van der Waals surface area contributed by atoms with Crippen LogP contribution in [-0.4, -0.2) is 165 Å². The van der Waals surface area contributed by atoms with Gasteiger partial charge in [-0.25, -0.2) is 13.4 Å². The summed E-state index contributed by atoms with van der Waals surface area (Å²) in [5.74, 6) is 1.36. The molecule has 5 N–H and O–H groups in total. The van der Waals surface area contributed by atoms with E-state index in [1.165, 1.54) is 54.7 Å². The normalized spacial score (nSPS) is 19.4. The maximum atomic E-state index is 12.2. The number of aromatic nitrogens is 1. The van der Waals surface area contributed by atoms with Crippen LogP contribution in [0.2, 0.25) is 0 Å². The van der Waals surface area contributed by atoms with Crippen molar-refractivity contribution in [3.63, 3.8) is 0 Å². The Morgan fingerprint density at radius 2 is 0.806 bits per heavy atom. The number of nitrogens with zero attached hydrogens (tertiary/aromatic N) is 5. The molecule has 5 heterocycles. The Labute approximate surface area is 743 Å². The number of benzene rings is 5. The van der Waals surface area contributed by atoms with E-state index in [1.54, 1.807) is 35.6 Å². The molecule has 23 nitrogen and oxygen atoms in total. The van der Waals surface area contributed by atoms with E-state index in [2.05, 4.69) is 181 Å². The molecule has 5 saturated carbocycles. The van der Waals surface area contributed by atoms with Crippen molar-refractivity contribution in [2.45, 2.75) is 294 Å². The predicted molar refractivity (Wildman–Crippen MR) is 499 cm³/mol. The summed E-state index contributed by atoms with van der Waals surface area (Å²) in [5, 5.41) is 27.6. The molecule has 0 amide bonds. The summed E-state index contributed by atoms with van der Waals surface area (Å²) in [5.41, 5.74) is 12.7. The second-order valence-corrected chi connectivity index (χ2v) is 41.1. The third-order valence-corrected chi connectivity index (χ3v) is 28.6. The minimum absolute atomic E-state index is 0.264. The molecule has 4 saturated heterocycles. The van der Waals surface area contributed by atoms with Crippen molar-refractivity contribution in [2.75, 3.05) is 126 Å². The van der Waals surface area contributed by atoms with Crippen molar-refractivity contribution in [1.29, 1.82) is 0 Å². The number of anilines is 10. The van der Waals surface area contributed by atoms with E-state index in [0.717, 1.165) is 256 Å². The van der Waals surface area contributed by atoms with Crippen LogP contribution in [0.1, 0.15) is 251 Å². The van der Waals surface area contributed by atoms with Crippen LogP contribution in [0.25, 0.3) is 0 Å². The number of aliphatic carboxylic acids is 1. The molecule has 680 valence electrons. The van der Waals surface area contributed by atoms with Crippen molar-refractivity contribution in [3.05, 3.63) is 130 Å². The summed E-state index contributed by atoms with van der Waals surface area (Å²) >= 11 is 1.61. The number of hydrogen-bond donors (Lipinski definition) is 5. The van der Waals surface area contributed by atoms with Gasteiger partial charge in [0, 0.05) is 133 Å². The van der Waals surface area contributed by atoms with Gasteiger partial charge in [0.2, 0.25) is 0 Å². The molecule has 6 aromatic rings. The number of ether oxygens (including phenoxy) is 7. The molecule has 25 heteroatoms. The highest BCUT2D eigenvalue weighted by atomic mass is 32.2. The number of thiazole rings is 1. The number of carboxylic acids is 1. The van der Waals surface area contributed by atoms with E-state index in [-0.39, 0.29) is 4.90 Å². The Morgan fingerprint density at radius 1 is 0.468 bits per heavy atom. The third kappa shape index (κ3) is 24.0. The van der Waals surface area contributed by atoms with Crippen molar-refractivity contribution in [2.24, 2.45) is 23.7 Å². The Hall–Kier alpha value is -8.20. The van der Waals surface area contributed by atoms with Gasteiger partial charge in [-0.1, -0.05) is 98.9 Å². The zero-order valence-corrected chi connectivity index (χ0v) is 77.7. The average Bonchev–Trinajstić information content (AvgIpc) is 1.46. The summed E-state index contributed by atoms with van der Waals surface area (Å²) in [6.45, 7) is 36.6. The van der Waals surface area contributed by atoms with E-state index < -0.39 is 38.0 Å². The second kappa shape index (κ2) is 44.0. The smallest absolute Gasteiger partial charge is 0.314 e. The maximum Gasteiger partial charge on any atom is 0.314 e. The van der Waals surface area contributed by atoms with Gasteiger partial charge < -0.3 is 79.1 Å². The van der Waals surface area contributed by atoms with Crippen LogP contribution >= 0.6 is 11.3 Å². The number of sulfone groups is 1. The van der Waals surface area contributed by atoms with Crippen LogP contribution in [0, 0.1) is 30.6 Å². The van der Waals surface area contributed by atoms with E-state index in [0.29, 0.717) is 92.2 Å². The summed E-state index contributed by atoms with van der Waals surface area (Å²) < 4.78 is 63.0. The van der Waals surface area contributed by atoms with E-state index in [4.69, 9.17) is 33.2 Å². The number of hydrogen-bond acceptors (Lipinski definition) is 23. The van der Waals surface area contributed by atoms with Gasteiger partial charge in [-0.15, -0.1) is 11.3 Å². The number of carbonyl (C=O) groups is 4. The minimum atomic E-state index is -3.29. The summed E-state index contributed by atoms with van der Waals surface area (Å²) in [4.78, 5) is 60.7. The Kier molecular flexibility index (Phi) is 33.7. The van der Waals surface area contributed by atoms with Crippen LogP contribution in [0.15, 0.2) is 107 Å². The molecule has 15 rings (SSSR count). The number of aryl methyl sites for hydroxylation is 1. The molecule has 0 unspecified atom stereocenters. The molecule has 0 bridgehead atoms. The molecule has 9 aliphatic rings. The zero-order valence-electron chi connectivity index (χ0n) is 76.1. The molecule has 1 aromatic heterocycles. The lowest BCUT2D eigenvalue weighted by Gasteiger charge is -2.42. The monoisotopic (exact) mass is 1750 g/mol. The lowest BCUT2D eigenvalue weighted by atomic mass is 9.64. The van der Waals surface area contributed by atoms with E-state index in [9.17, 15) is 32.7 Å². The summed E-state index contributed by atoms with van der Waals surface area (Å²) in [6.07, 6.45) is 25.4. The molecule has 9 fully saturated rings. The van der Waals surface area contributed by atoms with Crippen molar-refractivity contribution in [1.82, 2.24) is 4.98 Å². The predicted octanol–water partition coefficient (Wildman–Crippen LogP) is 20.3. The molecule has 0 spiro atoms. The van der Waals surface area contributed by atoms with Gasteiger partial charge in [-0.2, -0.15) is 0 Å². The van der Waals surface area contributed by atoms with Crippen LogP contribution in [-0.2, 0) is 84.4 Å². The topological polar surface area (TPSA) is 261 Å². The number of nitrogens with one attached hydrogen (secondary N) is 4. The van der Waals surface area contributed by atoms with E-state index in [1.807, 2.05) is 19.1 Å². The molecular formula is C99H143N9O14S2. The highest BCUT2D eigenvalue weighted by Crippen LogP contribution is 2.52. The van der Waals surface area contributed by atoms with Gasteiger partial charge in [0.15, 0.2) is 15.0 Å². The first-order chi connectivity index (χ1) is 59.7. The van der Waals surface area contributed by atoms with Crippen molar-refractivity contribution >= 4 is 103 Å². The van der Waals surface area contributed by atoms with Gasteiger partial charge in [-0.3, -0.25) is 19.2 Å². The van der Waals surface area contributed by atoms with Gasteiger partial charge in [0.05, 0.1) is 61.5 Å². The lowest BCUT2D eigenvalue weighted by molar-refractivity contribution is -0.156. The lowest BCUT2D eigenvalue weighted by Crippen LogP contribution is -2.43. The number of rotatable bonds is 36. The first kappa shape index (κ1) is 94.9. The number of carbonyl (C=O) groups excluding carboxylic acids is 3. The van der Waals surface area contributed by atoms with Crippen LogP contribution in [0.5, 0.6) is 0 Å². The molecule has 5 aliphatic carbocycles. The van der Waals surface area contributed by atoms with Crippen LogP contribution < -0.4 is 40.9 Å². The maximum absolute atomic E-state index is 12.2. The highest BCUT2D eigenvalue weighted by Gasteiger charge is 2.48. The van der Waals surface area contributed by atoms with Gasteiger partial charge in [0.1, 0.15) is 16.8 Å². The van der Waals surface area contributed by atoms with E-state index >= 15 is 0 Å². The molecular weight excluding hydrogens is 1600 g/mol. The average molecular weight is 1750 g/mol. The fourth-order valence-corrected chi connectivity index (χ4v) is 20.8. The SMILES string of the molecule is CC(C)CN(c1ccc(C2(C(=O)O)CCC2)cc1Nc1ccc(S(C)(=O)=O)cc1)C1CCOCC1.CC(C)CN(c1ccc(C2(OC=O)CCC2)cc1NC(C)C)C1CCOCC1.CC(C)CN(c1ccc(C2(OC=O)CCC2)cc1NC1CCCC1)C1CCOCC1.Cc1csc(Nc2cc(C3(OC=O)CCC3)ccc2N(CC(C)C)C2CCOCC2)n1. The van der Waals surface area contributed by atoms with Crippen molar-refractivity contribution in [3.8, 4) is 0 Å². The Morgan fingerprint density at radius 3 is 1.12 bits per heavy atom. The first-order valence-corrected chi connectivity index (χ1v) is 49.3. The standard InChI is InChI=1S/C27H36N2O5S.C25H38N2O3.C24H33N3O3S.C23H36N2O3/c1-19(2)18-29(22-11-15-34-16-12-22)25-10-5-20(27(26(30)31)13-4-14-27)17-24(25)28-21-6-8-23(9-7-21)35(3,32)33;1-19(2)17-27(22-10-14-29-15-11-22)24-9-8-20(25(30-18-28)12-5-13-25)16-23(24)26-21-6-3-4-7-21;1-17(2)14-27(20-7-11-29-12-8-20)22-6-5-19(24(30-16-28)9-4-10-24)13-21(22)26-23-25-18(3)15-31-23;1-17(2)15-25(20-8-12-27-13-9-20)22-7-6-19(14-21(22)24-18(3)4)23(28-16-26)10-5-11-23/h5-10,17,19,22,28H,4,11-16,18H2,1-3H3,(H,30,31);8-9,16,18-19,21-22,26H,3-7,10-15,17H2,1-2H3;5-6,13,15-17,20H,4,7-12,14H2,1-3H3,(H,25,26);6-7,14,16-18,20,24H,5,8-13,15H2,1-4H3. The zero-order chi connectivity index (χ0) is 88.2. The molecule has 5 aromatic carbocycles. The second-order valence-electron chi connectivity index (χ2n) is 38.2. The van der Waals surface area contributed by atoms with Crippen molar-refractivity contribution < 1.29 is 65.9 Å². The fraction of sp³-hybridized carbons (Fsp3) is 0.626. The summed E-state index contributed by atoms with van der Waals surface area (Å²) in [6, 6.07) is 35.3. The highest BCUT2D eigenvalue weighted by molar-refractivity contribution is 7.90. The van der Waals surface area contributed by atoms with Gasteiger partial charge in [0.25, 0.3) is 19.4 Å².